The molecule has 18 heavy (non-hydrogen) atoms. The van der Waals surface area contributed by atoms with Crippen LogP contribution in [0.25, 0.3) is 0 Å². The van der Waals surface area contributed by atoms with Gasteiger partial charge in [0.15, 0.2) is 0 Å². The lowest BCUT2D eigenvalue weighted by Crippen LogP contribution is -2.35. The summed E-state index contributed by atoms with van der Waals surface area (Å²) in [6.07, 6.45) is 2.52. The molecule has 1 atom stereocenters. The van der Waals surface area contributed by atoms with Gasteiger partial charge in [-0.3, -0.25) is 0 Å². The van der Waals surface area contributed by atoms with Gasteiger partial charge in [-0.25, -0.2) is 0 Å². The van der Waals surface area contributed by atoms with E-state index < -0.39 is 0 Å². The number of anilines is 1. The molecule has 1 aromatic rings. The number of nitrogens with one attached hydrogen (secondary N) is 1. The molecular weight excluding hydrogens is 228 g/mol. The number of hydrogen-bond donors (Lipinski definition) is 1. The van der Waals surface area contributed by atoms with Crippen molar-refractivity contribution >= 4 is 5.69 Å². The van der Waals surface area contributed by atoms with Crippen LogP contribution < -0.4 is 19.7 Å². The fourth-order valence-electron chi connectivity index (χ4n) is 2.44. The van der Waals surface area contributed by atoms with Crippen molar-refractivity contribution < 1.29 is 9.47 Å². The molecule has 100 valence electrons. The van der Waals surface area contributed by atoms with Crippen molar-refractivity contribution in [2.24, 2.45) is 0 Å². The molecule has 0 amide bonds. The van der Waals surface area contributed by atoms with E-state index in [1.807, 2.05) is 18.2 Å². The number of hydrogen-bond acceptors (Lipinski definition) is 4. The molecule has 0 aliphatic carbocycles. The molecular formula is C14H22N2O2. The summed E-state index contributed by atoms with van der Waals surface area (Å²) >= 11 is 0. The van der Waals surface area contributed by atoms with Crippen LogP contribution in [-0.2, 0) is 0 Å². The van der Waals surface area contributed by atoms with Gasteiger partial charge >= 0.3 is 0 Å². The summed E-state index contributed by atoms with van der Waals surface area (Å²) in [5.74, 6) is 1.74. The maximum Gasteiger partial charge on any atom is 0.142 e. The van der Waals surface area contributed by atoms with E-state index in [2.05, 4.69) is 17.3 Å². The molecule has 2 rings (SSSR count). The third-order valence-corrected chi connectivity index (χ3v) is 3.45. The Morgan fingerprint density at radius 2 is 2.17 bits per heavy atom. The quantitative estimate of drug-likeness (QED) is 0.865. The van der Waals surface area contributed by atoms with E-state index in [0.29, 0.717) is 6.04 Å². The molecule has 1 aromatic carbocycles. The van der Waals surface area contributed by atoms with Gasteiger partial charge in [-0.1, -0.05) is 0 Å². The molecule has 4 nitrogen and oxygen atoms in total. The van der Waals surface area contributed by atoms with Gasteiger partial charge < -0.3 is 19.7 Å². The number of benzene rings is 1. The zero-order valence-electron chi connectivity index (χ0n) is 11.4. The summed E-state index contributed by atoms with van der Waals surface area (Å²) in [5, 5.41) is 3.51. The van der Waals surface area contributed by atoms with E-state index in [-0.39, 0.29) is 0 Å². The summed E-state index contributed by atoms with van der Waals surface area (Å²) < 4.78 is 10.7. The average Bonchev–Trinajstić information content (AvgIpc) is 2.90. The monoisotopic (exact) mass is 250 g/mol. The highest BCUT2D eigenvalue weighted by Gasteiger charge is 2.18. The van der Waals surface area contributed by atoms with E-state index in [1.54, 1.807) is 14.2 Å². The van der Waals surface area contributed by atoms with Crippen LogP contribution in [0.3, 0.4) is 0 Å². The fourth-order valence-corrected chi connectivity index (χ4v) is 2.44. The summed E-state index contributed by atoms with van der Waals surface area (Å²) in [7, 11) is 5.48. The minimum atomic E-state index is 0.575. The Morgan fingerprint density at radius 3 is 2.78 bits per heavy atom. The second-order valence-corrected chi connectivity index (χ2v) is 4.71. The van der Waals surface area contributed by atoms with E-state index in [9.17, 15) is 0 Å². The van der Waals surface area contributed by atoms with Gasteiger partial charge in [-0.15, -0.1) is 0 Å². The zero-order valence-corrected chi connectivity index (χ0v) is 11.4. The van der Waals surface area contributed by atoms with Crippen LogP contribution in [0.4, 0.5) is 5.69 Å². The largest absolute Gasteiger partial charge is 0.497 e. The van der Waals surface area contributed by atoms with Gasteiger partial charge in [0.1, 0.15) is 11.5 Å². The van der Waals surface area contributed by atoms with Gasteiger partial charge in [0.05, 0.1) is 19.9 Å². The molecule has 1 heterocycles. The van der Waals surface area contributed by atoms with Crippen molar-refractivity contribution in [3.05, 3.63) is 18.2 Å². The topological polar surface area (TPSA) is 33.7 Å². The summed E-state index contributed by atoms with van der Waals surface area (Å²) in [4.78, 5) is 2.23. The third-order valence-electron chi connectivity index (χ3n) is 3.45. The lowest BCUT2D eigenvalue weighted by molar-refractivity contribution is 0.402. The Labute approximate surface area is 109 Å². The normalized spacial score (nSPS) is 18.7. The molecule has 1 aliphatic rings. The molecule has 0 radical (unpaired) electrons. The summed E-state index contributed by atoms with van der Waals surface area (Å²) in [6, 6.07) is 6.47. The number of nitrogens with zero attached hydrogens (tertiary/aromatic N) is 1. The molecule has 0 aromatic heterocycles. The summed E-state index contributed by atoms with van der Waals surface area (Å²) in [5.41, 5.74) is 1.07. The minimum Gasteiger partial charge on any atom is -0.497 e. The van der Waals surface area contributed by atoms with Crippen LogP contribution in [0.2, 0.25) is 0 Å². The van der Waals surface area contributed by atoms with Crippen LogP contribution in [0.15, 0.2) is 18.2 Å². The first kappa shape index (κ1) is 13.0. The Bertz CT molecular complexity index is 389. The Hall–Kier alpha value is -1.42. The smallest absolute Gasteiger partial charge is 0.142 e. The number of rotatable bonds is 5. The average molecular weight is 250 g/mol. The minimum absolute atomic E-state index is 0.575. The fraction of sp³-hybridized carbons (Fsp3) is 0.571. The predicted molar refractivity (Wildman–Crippen MR) is 73.8 cm³/mol. The van der Waals surface area contributed by atoms with Gasteiger partial charge in [0, 0.05) is 25.7 Å². The first-order chi connectivity index (χ1) is 8.74. The number of ether oxygens (including phenoxy) is 2. The van der Waals surface area contributed by atoms with E-state index in [0.717, 1.165) is 30.3 Å². The highest BCUT2D eigenvalue weighted by Crippen LogP contribution is 2.31. The Morgan fingerprint density at radius 1 is 1.33 bits per heavy atom. The van der Waals surface area contributed by atoms with Gasteiger partial charge in [0.25, 0.3) is 0 Å². The molecule has 1 N–H and O–H groups in total. The van der Waals surface area contributed by atoms with Crippen molar-refractivity contribution in [1.82, 2.24) is 5.32 Å². The van der Waals surface area contributed by atoms with E-state index in [4.69, 9.17) is 9.47 Å². The molecule has 0 spiro atoms. The molecule has 1 aliphatic heterocycles. The molecule has 4 heteroatoms. The molecule has 0 saturated carbocycles. The predicted octanol–water partition coefficient (Wildman–Crippen LogP) is 1.89. The first-order valence-corrected chi connectivity index (χ1v) is 6.41. The molecule has 0 bridgehead atoms. The van der Waals surface area contributed by atoms with Gasteiger partial charge in [0.2, 0.25) is 0 Å². The highest BCUT2D eigenvalue weighted by atomic mass is 16.5. The lowest BCUT2D eigenvalue weighted by Gasteiger charge is -2.25. The van der Waals surface area contributed by atoms with Crippen molar-refractivity contribution in [2.75, 3.05) is 39.3 Å². The standard InChI is InChI=1S/C14H22N2O2/c1-16(10-11-5-4-8-15-11)13-9-12(17-2)6-7-14(13)18-3/h6-7,9,11,15H,4-5,8,10H2,1-3H3. The van der Waals surface area contributed by atoms with Crippen LogP contribution in [0, 0.1) is 0 Å². The highest BCUT2D eigenvalue weighted by molar-refractivity contribution is 5.61. The van der Waals surface area contributed by atoms with Gasteiger partial charge in [-0.2, -0.15) is 0 Å². The number of likely N-dealkylation sites (N-methyl/N-ethyl adjacent to an activating group) is 1. The van der Waals surface area contributed by atoms with Crippen molar-refractivity contribution in [1.29, 1.82) is 0 Å². The Balaban J connectivity index is 2.13. The second kappa shape index (κ2) is 5.96. The zero-order chi connectivity index (χ0) is 13.0. The maximum absolute atomic E-state index is 5.41. The van der Waals surface area contributed by atoms with Crippen LogP contribution >= 0.6 is 0 Å². The van der Waals surface area contributed by atoms with Crippen LogP contribution in [0.1, 0.15) is 12.8 Å². The van der Waals surface area contributed by atoms with Crippen molar-refractivity contribution in [3.8, 4) is 11.5 Å². The third kappa shape index (κ3) is 2.88. The van der Waals surface area contributed by atoms with Crippen molar-refractivity contribution in [2.45, 2.75) is 18.9 Å². The maximum atomic E-state index is 5.41. The van der Waals surface area contributed by atoms with E-state index >= 15 is 0 Å². The van der Waals surface area contributed by atoms with E-state index in [1.165, 1.54) is 12.8 Å². The SMILES string of the molecule is COc1ccc(OC)c(N(C)CC2CCCN2)c1. The van der Waals surface area contributed by atoms with Crippen LogP contribution in [-0.4, -0.2) is 40.4 Å². The lowest BCUT2D eigenvalue weighted by atomic mass is 10.2. The van der Waals surface area contributed by atoms with Crippen LogP contribution in [0.5, 0.6) is 11.5 Å². The summed E-state index contributed by atoms with van der Waals surface area (Å²) in [6.45, 7) is 2.12. The van der Waals surface area contributed by atoms with Gasteiger partial charge in [-0.05, 0) is 31.5 Å². The van der Waals surface area contributed by atoms with Crippen molar-refractivity contribution in [3.63, 3.8) is 0 Å². The first-order valence-electron chi connectivity index (χ1n) is 6.41. The second-order valence-electron chi connectivity index (χ2n) is 4.71. The Kier molecular flexibility index (Phi) is 4.31. The molecule has 1 unspecified atom stereocenters. The number of methoxy groups -OCH3 is 2. The molecule has 1 fully saturated rings. The molecule has 1 saturated heterocycles.